The van der Waals surface area contributed by atoms with Crippen molar-refractivity contribution in [1.29, 1.82) is 0 Å². The van der Waals surface area contributed by atoms with Gasteiger partial charge in [-0.15, -0.1) is 0 Å². The van der Waals surface area contributed by atoms with Crippen LogP contribution in [0, 0.1) is 0 Å². The van der Waals surface area contributed by atoms with Crippen molar-refractivity contribution < 1.29 is 9.53 Å². The fourth-order valence-electron chi connectivity index (χ4n) is 4.71. The van der Waals surface area contributed by atoms with Gasteiger partial charge >= 0.3 is 0 Å². The van der Waals surface area contributed by atoms with Gasteiger partial charge in [0, 0.05) is 48.1 Å². The number of carbonyl (C=O) groups is 1. The van der Waals surface area contributed by atoms with Gasteiger partial charge in [-0.1, -0.05) is 22.9 Å². The number of halogens is 1. The highest BCUT2D eigenvalue weighted by Crippen LogP contribution is 2.30. The van der Waals surface area contributed by atoms with Crippen LogP contribution in [0.2, 0.25) is 0 Å². The predicted molar refractivity (Wildman–Crippen MR) is 146 cm³/mol. The molecule has 4 aromatic rings. The van der Waals surface area contributed by atoms with Crippen molar-refractivity contribution in [3.05, 3.63) is 65.3 Å². The van der Waals surface area contributed by atoms with Gasteiger partial charge in [-0.05, 0) is 68.4 Å². The summed E-state index contributed by atoms with van der Waals surface area (Å²) in [5, 5.41) is 3.36. The number of pyridine rings is 1. The number of hydrogen-bond acceptors (Lipinski definition) is 6. The van der Waals surface area contributed by atoms with Crippen LogP contribution >= 0.6 is 15.9 Å². The summed E-state index contributed by atoms with van der Waals surface area (Å²) in [6.07, 6.45) is 4.79. The topological polar surface area (TPSA) is 75.5 Å². The van der Waals surface area contributed by atoms with Crippen molar-refractivity contribution in [3.63, 3.8) is 0 Å². The maximum atomic E-state index is 11.9. The maximum Gasteiger partial charge on any atom is 0.215 e. The van der Waals surface area contributed by atoms with Gasteiger partial charge in [0.2, 0.25) is 12.4 Å². The first-order chi connectivity index (χ1) is 17.5. The van der Waals surface area contributed by atoms with Crippen LogP contribution in [0.3, 0.4) is 0 Å². The van der Waals surface area contributed by atoms with E-state index in [0.29, 0.717) is 29.9 Å². The van der Waals surface area contributed by atoms with Crippen LogP contribution in [-0.4, -0.2) is 51.5 Å². The molecule has 1 atom stereocenters. The first-order valence-electron chi connectivity index (χ1n) is 12.1. The lowest BCUT2D eigenvalue weighted by Crippen LogP contribution is -2.40. The maximum absolute atomic E-state index is 11.9. The SMILES string of the molecule is CCN1CCCC1CN(C=O)c1cc(Oc2ccc3c(c2)nc(Nc2ccc(Br)cc2)n3C)ccn1. The van der Waals surface area contributed by atoms with Gasteiger partial charge in [-0.2, -0.15) is 0 Å². The number of carbonyl (C=O) groups excluding carboxylic acids is 1. The Morgan fingerprint density at radius 3 is 2.75 bits per heavy atom. The number of aromatic nitrogens is 3. The zero-order valence-corrected chi connectivity index (χ0v) is 22.0. The smallest absolute Gasteiger partial charge is 0.215 e. The standard InChI is InChI=1S/C27H29BrN6O2/c1-3-33-14-4-5-21(33)17-34(18-35)26-16-23(12-13-29-26)36-22-10-11-25-24(15-22)31-27(32(25)2)30-20-8-6-19(28)7-9-20/h6-13,15-16,18,21H,3-5,14,17H2,1-2H3,(H,30,31). The average molecular weight is 549 g/mol. The van der Waals surface area contributed by atoms with Crippen LogP contribution in [0.25, 0.3) is 11.0 Å². The Morgan fingerprint density at radius 2 is 1.97 bits per heavy atom. The van der Waals surface area contributed by atoms with E-state index in [-0.39, 0.29) is 0 Å². The minimum Gasteiger partial charge on any atom is -0.457 e. The van der Waals surface area contributed by atoms with Gasteiger partial charge in [0.1, 0.15) is 17.3 Å². The number of anilines is 3. The summed E-state index contributed by atoms with van der Waals surface area (Å²) in [6.45, 7) is 4.86. The highest BCUT2D eigenvalue weighted by atomic mass is 79.9. The van der Waals surface area contributed by atoms with Crippen LogP contribution in [0.5, 0.6) is 11.5 Å². The lowest BCUT2D eigenvalue weighted by atomic mass is 10.2. The molecular weight excluding hydrogens is 520 g/mol. The summed E-state index contributed by atoms with van der Waals surface area (Å²) in [6, 6.07) is 17.7. The highest BCUT2D eigenvalue weighted by molar-refractivity contribution is 9.10. The van der Waals surface area contributed by atoms with E-state index >= 15 is 0 Å². The summed E-state index contributed by atoms with van der Waals surface area (Å²) >= 11 is 3.46. The summed E-state index contributed by atoms with van der Waals surface area (Å²) < 4.78 is 9.18. The van der Waals surface area contributed by atoms with Crippen LogP contribution < -0.4 is 15.0 Å². The molecular formula is C27H29BrN6O2. The third-order valence-corrected chi connectivity index (χ3v) is 7.17. The minimum absolute atomic E-state index is 0.360. The van der Waals surface area contributed by atoms with Crippen molar-refractivity contribution in [2.75, 3.05) is 29.9 Å². The molecule has 1 amide bonds. The number of ether oxygens (including phenoxy) is 1. The van der Waals surface area contributed by atoms with E-state index in [1.54, 1.807) is 17.2 Å². The Balaban J connectivity index is 1.33. The molecule has 3 heterocycles. The number of aryl methyl sites for hydroxylation is 1. The van der Waals surface area contributed by atoms with Crippen molar-refractivity contribution in [3.8, 4) is 11.5 Å². The summed E-state index contributed by atoms with van der Waals surface area (Å²) in [5.41, 5.74) is 2.76. The van der Waals surface area contributed by atoms with E-state index in [2.05, 4.69) is 38.1 Å². The monoisotopic (exact) mass is 548 g/mol. The molecule has 0 saturated carbocycles. The van der Waals surface area contributed by atoms with E-state index in [0.717, 1.165) is 59.5 Å². The second kappa shape index (κ2) is 10.7. The number of nitrogens with one attached hydrogen (secondary N) is 1. The molecule has 9 heteroatoms. The van der Waals surface area contributed by atoms with E-state index < -0.39 is 0 Å². The molecule has 186 valence electrons. The number of rotatable bonds is 9. The third-order valence-electron chi connectivity index (χ3n) is 6.64. The molecule has 1 aliphatic rings. The van der Waals surface area contributed by atoms with Gasteiger partial charge < -0.3 is 14.6 Å². The predicted octanol–water partition coefficient (Wildman–Crippen LogP) is 5.71. The summed E-state index contributed by atoms with van der Waals surface area (Å²) in [4.78, 5) is 25.2. The van der Waals surface area contributed by atoms with Gasteiger partial charge in [-0.25, -0.2) is 9.97 Å². The van der Waals surface area contributed by atoms with Crippen molar-refractivity contribution >= 4 is 50.8 Å². The number of likely N-dealkylation sites (N-methyl/N-ethyl adjacent to an activating group) is 1. The molecule has 1 aliphatic heterocycles. The summed E-state index contributed by atoms with van der Waals surface area (Å²) in [5.74, 6) is 2.61. The molecule has 5 rings (SSSR count). The van der Waals surface area contributed by atoms with E-state index in [1.165, 1.54) is 0 Å². The molecule has 0 aliphatic carbocycles. The molecule has 8 nitrogen and oxygen atoms in total. The van der Waals surface area contributed by atoms with Crippen molar-refractivity contribution in [1.82, 2.24) is 19.4 Å². The first kappa shape index (κ1) is 24.3. The molecule has 1 saturated heterocycles. The average Bonchev–Trinajstić information content (AvgIpc) is 3.47. The fourth-order valence-corrected chi connectivity index (χ4v) is 4.97. The van der Waals surface area contributed by atoms with Gasteiger partial charge in [0.15, 0.2) is 0 Å². The Bertz CT molecular complexity index is 1360. The molecule has 36 heavy (non-hydrogen) atoms. The Labute approximate surface area is 219 Å². The van der Waals surface area contributed by atoms with Crippen LogP contribution in [0.4, 0.5) is 17.5 Å². The number of fused-ring (bicyclic) bond motifs is 1. The Kier molecular flexibility index (Phi) is 7.20. The number of hydrogen-bond donors (Lipinski definition) is 1. The zero-order valence-electron chi connectivity index (χ0n) is 20.4. The quantitative estimate of drug-likeness (QED) is 0.270. The normalized spacial score (nSPS) is 15.8. The highest BCUT2D eigenvalue weighted by Gasteiger charge is 2.25. The van der Waals surface area contributed by atoms with Crippen molar-refractivity contribution in [2.24, 2.45) is 7.05 Å². The van der Waals surface area contributed by atoms with Crippen molar-refractivity contribution in [2.45, 2.75) is 25.8 Å². The van der Waals surface area contributed by atoms with Crippen LogP contribution in [-0.2, 0) is 11.8 Å². The van der Waals surface area contributed by atoms with Gasteiger partial charge in [0.25, 0.3) is 0 Å². The second-order valence-electron chi connectivity index (χ2n) is 8.91. The number of likely N-dealkylation sites (tertiary alicyclic amines) is 1. The molecule has 0 radical (unpaired) electrons. The van der Waals surface area contributed by atoms with Crippen LogP contribution in [0.1, 0.15) is 19.8 Å². The van der Waals surface area contributed by atoms with E-state index in [9.17, 15) is 4.79 Å². The Hall–Kier alpha value is -3.43. The third kappa shape index (κ3) is 5.22. The summed E-state index contributed by atoms with van der Waals surface area (Å²) in [7, 11) is 1.98. The second-order valence-corrected chi connectivity index (χ2v) is 9.83. The molecule has 2 aromatic heterocycles. The molecule has 0 bridgehead atoms. The molecule has 0 spiro atoms. The number of benzene rings is 2. The molecule has 1 N–H and O–H groups in total. The number of nitrogens with zero attached hydrogens (tertiary/aromatic N) is 5. The van der Waals surface area contributed by atoms with Gasteiger partial charge in [-0.3, -0.25) is 14.6 Å². The number of imidazole rings is 1. The lowest BCUT2D eigenvalue weighted by Gasteiger charge is -2.27. The lowest BCUT2D eigenvalue weighted by molar-refractivity contribution is -0.107. The molecule has 1 fully saturated rings. The Morgan fingerprint density at radius 1 is 1.17 bits per heavy atom. The fraction of sp³-hybridized carbons (Fsp3) is 0.296. The minimum atomic E-state index is 0.360. The zero-order chi connectivity index (χ0) is 25.1. The van der Waals surface area contributed by atoms with E-state index in [1.807, 2.05) is 60.1 Å². The largest absolute Gasteiger partial charge is 0.457 e. The molecule has 2 aromatic carbocycles. The first-order valence-corrected chi connectivity index (χ1v) is 12.9. The molecule has 1 unspecified atom stereocenters. The van der Waals surface area contributed by atoms with Crippen LogP contribution in [0.15, 0.2) is 65.3 Å². The van der Waals surface area contributed by atoms with E-state index in [4.69, 9.17) is 9.72 Å². The number of amides is 1. The van der Waals surface area contributed by atoms with Gasteiger partial charge in [0.05, 0.1) is 11.0 Å².